The molecule has 0 radical (unpaired) electrons. The van der Waals surface area contributed by atoms with Gasteiger partial charge in [-0.3, -0.25) is 14.5 Å². The van der Waals surface area contributed by atoms with Crippen molar-refractivity contribution in [3.05, 3.63) is 12.2 Å². The minimum atomic E-state index is -0.818. The highest BCUT2D eigenvalue weighted by molar-refractivity contribution is 6.07. The Labute approximate surface area is 128 Å². The number of hydrogen-bond acceptors (Lipinski definition) is 5. The molecule has 8 nitrogen and oxygen atoms in total. The number of aliphatic imine (C=N–C) groups is 1. The smallest absolute Gasteiger partial charge is 0.409 e. The summed E-state index contributed by atoms with van der Waals surface area (Å²) in [6.45, 7) is 3.82. The molecule has 0 saturated carbocycles. The van der Waals surface area contributed by atoms with Gasteiger partial charge in [0.05, 0.1) is 7.11 Å². The minimum absolute atomic E-state index is 0.309. The highest BCUT2D eigenvalue weighted by atomic mass is 16.5. The molecule has 0 aliphatic carbocycles. The number of rotatable bonds is 4. The van der Waals surface area contributed by atoms with Crippen molar-refractivity contribution in [3.8, 4) is 0 Å². The SMILES string of the molecule is COC(=O)N1CCN(CCNC(=O)C2C=CC=NC2=O)CC1. The van der Waals surface area contributed by atoms with Crippen molar-refractivity contribution in [2.24, 2.45) is 10.9 Å². The Balaban J connectivity index is 1.66. The molecule has 0 aromatic rings. The van der Waals surface area contributed by atoms with E-state index in [9.17, 15) is 14.4 Å². The summed E-state index contributed by atoms with van der Waals surface area (Å²) in [4.78, 5) is 42.1. The van der Waals surface area contributed by atoms with Crippen molar-refractivity contribution in [3.63, 3.8) is 0 Å². The van der Waals surface area contributed by atoms with E-state index in [1.54, 1.807) is 17.1 Å². The van der Waals surface area contributed by atoms with Gasteiger partial charge < -0.3 is 15.0 Å². The standard InChI is InChI=1S/C14H20N4O4/c1-22-14(21)18-9-7-17(8-10-18)6-5-16-13(20)11-3-2-4-15-12(11)19/h2-4,11H,5-10H2,1H3,(H,16,20). The number of dihydropyridines is 1. The molecule has 22 heavy (non-hydrogen) atoms. The van der Waals surface area contributed by atoms with Crippen LogP contribution in [0.15, 0.2) is 17.1 Å². The van der Waals surface area contributed by atoms with Crippen molar-refractivity contribution in [1.82, 2.24) is 15.1 Å². The fraction of sp³-hybridized carbons (Fsp3) is 0.571. The van der Waals surface area contributed by atoms with Gasteiger partial charge in [-0.15, -0.1) is 0 Å². The predicted molar refractivity (Wildman–Crippen MR) is 79.6 cm³/mol. The number of nitrogens with zero attached hydrogens (tertiary/aromatic N) is 3. The van der Waals surface area contributed by atoms with Gasteiger partial charge in [0.25, 0.3) is 5.91 Å². The van der Waals surface area contributed by atoms with E-state index in [4.69, 9.17) is 0 Å². The second-order valence-electron chi connectivity index (χ2n) is 5.07. The molecule has 1 fully saturated rings. The third kappa shape index (κ3) is 4.14. The topological polar surface area (TPSA) is 91.3 Å². The summed E-state index contributed by atoms with van der Waals surface area (Å²) in [6, 6.07) is 0. The Morgan fingerprint density at radius 2 is 2.09 bits per heavy atom. The van der Waals surface area contributed by atoms with Gasteiger partial charge >= 0.3 is 6.09 Å². The molecule has 0 aromatic heterocycles. The molecule has 3 amide bonds. The maximum absolute atomic E-state index is 11.9. The molecule has 0 bridgehead atoms. The van der Waals surface area contributed by atoms with Crippen LogP contribution in [0.3, 0.4) is 0 Å². The van der Waals surface area contributed by atoms with E-state index in [2.05, 4.69) is 19.9 Å². The molecule has 2 aliphatic heterocycles. The molecular formula is C14H20N4O4. The second kappa shape index (κ2) is 7.69. The third-order valence-corrected chi connectivity index (χ3v) is 3.67. The normalized spacial score (nSPS) is 21.8. The number of ether oxygens (including phenoxy) is 1. The van der Waals surface area contributed by atoms with Crippen LogP contribution < -0.4 is 5.32 Å². The van der Waals surface area contributed by atoms with E-state index in [0.29, 0.717) is 26.2 Å². The lowest BCUT2D eigenvalue weighted by molar-refractivity contribution is -0.131. The Bertz CT molecular complexity index is 495. The van der Waals surface area contributed by atoms with Crippen molar-refractivity contribution < 1.29 is 19.1 Å². The average molecular weight is 308 g/mol. The van der Waals surface area contributed by atoms with Gasteiger partial charge in [-0.1, -0.05) is 6.08 Å². The Morgan fingerprint density at radius 3 is 2.73 bits per heavy atom. The zero-order valence-corrected chi connectivity index (χ0v) is 12.5. The van der Waals surface area contributed by atoms with Gasteiger partial charge in [-0.05, 0) is 6.08 Å². The zero-order valence-electron chi connectivity index (χ0n) is 12.5. The van der Waals surface area contributed by atoms with Crippen molar-refractivity contribution in [2.75, 3.05) is 46.4 Å². The van der Waals surface area contributed by atoms with Gasteiger partial charge in [0, 0.05) is 45.5 Å². The molecule has 1 N–H and O–H groups in total. The Kier molecular flexibility index (Phi) is 5.65. The van der Waals surface area contributed by atoms with E-state index >= 15 is 0 Å². The molecule has 2 heterocycles. The van der Waals surface area contributed by atoms with Crippen LogP contribution in [-0.4, -0.2) is 80.3 Å². The maximum Gasteiger partial charge on any atom is 0.409 e. The molecule has 1 atom stereocenters. The number of methoxy groups -OCH3 is 1. The van der Waals surface area contributed by atoms with Gasteiger partial charge in [-0.25, -0.2) is 9.79 Å². The monoisotopic (exact) mass is 308 g/mol. The summed E-state index contributed by atoms with van der Waals surface area (Å²) in [5.41, 5.74) is 0. The summed E-state index contributed by atoms with van der Waals surface area (Å²) < 4.78 is 4.68. The quantitative estimate of drug-likeness (QED) is 0.691. The van der Waals surface area contributed by atoms with Gasteiger partial charge in [0.2, 0.25) is 5.91 Å². The highest BCUT2D eigenvalue weighted by Crippen LogP contribution is 2.06. The molecule has 2 rings (SSSR count). The number of allylic oxidation sites excluding steroid dienone is 1. The first kappa shape index (κ1) is 16.2. The van der Waals surface area contributed by atoms with Crippen LogP contribution in [0.2, 0.25) is 0 Å². The largest absolute Gasteiger partial charge is 0.453 e. The fourth-order valence-electron chi connectivity index (χ4n) is 2.37. The first-order chi connectivity index (χ1) is 10.6. The number of carbonyl (C=O) groups excluding carboxylic acids is 3. The molecule has 1 saturated heterocycles. The summed E-state index contributed by atoms with van der Waals surface area (Å²) in [6.07, 6.45) is 4.21. The molecule has 0 spiro atoms. The number of carbonyl (C=O) groups is 3. The molecular weight excluding hydrogens is 288 g/mol. The van der Waals surface area contributed by atoms with Gasteiger partial charge in [0.1, 0.15) is 5.92 Å². The van der Waals surface area contributed by atoms with Crippen LogP contribution >= 0.6 is 0 Å². The zero-order chi connectivity index (χ0) is 15.9. The van der Waals surface area contributed by atoms with Crippen LogP contribution in [0.1, 0.15) is 0 Å². The van der Waals surface area contributed by atoms with E-state index in [1.807, 2.05) is 0 Å². The van der Waals surface area contributed by atoms with E-state index in [-0.39, 0.29) is 12.0 Å². The molecule has 0 aromatic carbocycles. The van der Waals surface area contributed by atoms with E-state index in [1.165, 1.54) is 13.3 Å². The minimum Gasteiger partial charge on any atom is -0.453 e. The van der Waals surface area contributed by atoms with E-state index < -0.39 is 11.8 Å². The maximum atomic E-state index is 11.9. The van der Waals surface area contributed by atoms with Crippen LogP contribution in [0.4, 0.5) is 4.79 Å². The highest BCUT2D eigenvalue weighted by Gasteiger charge is 2.25. The van der Waals surface area contributed by atoms with Crippen LogP contribution in [-0.2, 0) is 14.3 Å². The first-order valence-corrected chi connectivity index (χ1v) is 7.19. The summed E-state index contributed by atoms with van der Waals surface area (Å²) >= 11 is 0. The lowest BCUT2D eigenvalue weighted by Gasteiger charge is -2.33. The number of hydrogen-bond donors (Lipinski definition) is 1. The second-order valence-corrected chi connectivity index (χ2v) is 5.07. The van der Waals surface area contributed by atoms with Crippen LogP contribution in [0, 0.1) is 5.92 Å². The van der Waals surface area contributed by atoms with Crippen LogP contribution in [0.25, 0.3) is 0 Å². The summed E-state index contributed by atoms with van der Waals surface area (Å²) in [7, 11) is 1.37. The van der Waals surface area contributed by atoms with Crippen molar-refractivity contribution in [1.29, 1.82) is 0 Å². The van der Waals surface area contributed by atoms with Gasteiger partial charge in [-0.2, -0.15) is 0 Å². The first-order valence-electron chi connectivity index (χ1n) is 7.19. The molecule has 1 unspecified atom stereocenters. The number of nitrogens with one attached hydrogen (secondary N) is 1. The molecule has 8 heteroatoms. The molecule has 120 valence electrons. The third-order valence-electron chi connectivity index (χ3n) is 3.67. The van der Waals surface area contributed by atoms with E-state index in [0.717, 1.165) is 13.1 Å². The van der Waals surface area contributed by atoms with Crippen molar-refractivity contribution in [2.45, 2.75) is 0 Å². The van der Waals surface area contributed by atoms with Crippen LogP contribution in [0.5, 0.6) is 0 Å². The molecule has 2 aliphatic rings. The lowest BCUT2D eigenvalue weighted by atomic mass is 10.1. The average Bonchev–Trinajstić information content (AvgIpc) is 2.55. The fourth-order valence-corrected chi connectivity index (χ4v) is 2.37. The summed E-state index contributed by atoms with van der Waals surface area (Å²) in [5.74, 6) is -1.58. The number of amides is 3. The Morgan fingerprint density at radius 1 is 1.36 bits per heavy atom. The summed E-state index contributed by atoms with van der Waals surface area (Å²) in [5, 5.41) is 2.74. The number of piperazine rings is 1. The van der Waals surface area contributed by atoms with Crippen molar-refractivity contribution >= 4 is 24.1 Å². The van der Waals surface area contributed by atoms with Gasteiger partial charge in [0.15, 0.2) is 0 Å². The lowest BCUT2D eigenvalue weighted by Crippen LogP contribution is -2.50. The predicted octanol–water partition coefficient (Wildman–Crippen LogP) is -0.730. The Hall–Kier alpha value is -2.22.